The Labute approximate surface area is 104 Å². The summed E-state index contributed by atoms with van der Waals surface area (Å²) in [7, 11) is 1.37. The number of hydrogen-bond donors (Lipinski definition) is 1. The molecule has 1 aliphatic heterocycles. The van der Waals surface area contributed by atoms with E-state index in [1.807, 2.05) is 6.92 Å². The van der Waals surface area contributed by atoms with E-state index in [2.05, 4.69) is 15.0 Å². The molecule has 2 rings (SSSR count). The van der Waals surface area contributed by atoms with E-state index in [0.717, 1.165) is 36.1 Å². The second-order valence-electron chi connectivity index (χ2n) is 3.95. The van der Waals surface area contributed by atoms with Gasteiger partial charge in [0.2, 0.25) is 0 Å². The van der Waals surface area contributed by atoms with E-state index in [1.165, 1.54) is 18.4 Å². The summed E-state index contributed by atoms with van der Waals surface area (Å²) in [6, 6.07) is 0.389. The highest BCUT2D eigenvalue weighted by Gasteiger charge is 2.19. The molecule has 5 nitrogen and oxygen atoms in total. The summed E-state index contributed by atoms with van der Waals surface area (Å²) < 4.78 is 9.97. The number of carbonyl (C=O) groups excluding carboxylic acids is 1. The maximum absolute atomic E-state index is 11.4. The van der Waals surface area contributed by atoms with Crippen LogP contribution in [0.25, 0.3) is 0 Å². The number of ether oxygens (including phenoxy) is 2. The fourth-order valence-corrected chi connectivity index (χ4v) is 2.64. The largest absolute Gasteiger partial charge is 0.464 e. The van der Waals surface area contributed by atoms with Gasteiger partial charge in [0.15, 0.2) is 10.8 Å². The van der Waals surface area contributed by atoms with Crippen LogP contribution in [0.5, 0.6) is 0 Å². The van der Waals surface area contributed by atoms with Crippen LogP contribution in [0.1, 0.15) is 28.2 Å². The predicted molar refractivity (Wildman–Crippen MR) is 65.7 cm³/mol. The van der Waals surface area contributed by atoms with Crippen molar-refractivity contribution < 1.29 is 14.3 Å². The number of rotatable bonds is 3. The number of hydrogen-bond acceptors (Lipinski definition) is 6. The summed E-state index contributed by atoms with van der Waals surface area (Å²) in [6.45, 7) is 3.44. The van der Waals surface area contributed by atoms with Crippen LogP contribution in [0, 0.1) is 6.92 Å². The molecule has 0 aliphatic carbocycles. The SMILES string of the molecule is COC(=O)c1nc(NC2CCOCC2)sc1C. The van der Waals surface area contributed by atoms with E-state index >= 15 is 0 Å². The van der Waals surface area contributed by atoms with Gasteiger partial charge in [-0.05, 0) is 19.8 Å². The molecule has 1 aromatic heterocycles. The maximum atomic E-state index is 11.4. The normalized spacial score (nSPS) is 16.8. The molecular weight excluding hydrogens is 240 g/mol. The molecule has 17 heavy (non-hydrogen) atoms. The van der Waals surface area contributed by atoms with Crippen molar-refractivity contribution in [1.29, 1.82) is 0 Å². The van der Waals surface area contributed by atoms with Crippen LogP contribution >= 0.6 is 11.3 Å². The highest BCUT2D eigenvalue weighted by molar-refractivity contribution is 7.15. The number of methoxy groups -OCH3 is 1. The van der Waals surface area contributed by atoms with Gasteiger partial charge in [0, 0.05) is 24.1 Å². The van der Waals surface area contributed by atoms with Crippen molar-refractivity contribution in [3.63, 3.8) is 0 Å². The minimum atomic E-state index is -0.376. The minimum Gasteiger partial charge on any atom is -0.464 e. The first-order valence-electron chi connectivity index (χ1n) is 5.60. The standard InChI is InChI=1S/C11H16N2O3S/c1-7-9(10(14)15-2)13-11(17-7)12-8-3-5-16-6-4-8/h8H,3-6H2,1-2H3,(H,12,13). The summed E-state index contributed by atoms with van der Waals surface area (Å²) >= 11 is 1.49. The fraction of sp³-hybridized carbons (Fsp3) is 0.636. The lowest BCUT2D eigenvalue weighted by Crippen LogP contribution is -2.27. The van der Waals surface area contributed by atoms with Gasteiger partial charge < -0.3 is 14.8 Å². The molecule has 0 unspecified atom stereocenters. The number of thiazole rings is 1. The molecular formula is C11H16N2O3S. The van der Waals surface area contributed by atoms with Crippen molar-refractivity contribution in [2.75, 3.05) is 25.6 Å². The molecule has 0 bridgehead atoms. The Bertz CT molecular complexity index is 399. The van der Waals surface area contributed by atoms with Crippen molar-refractivity contribution in [2.45, 2.75) is 25.8 Å². The first kappa shape index (κ1) is 12.3. The zero-order valence-electron chi connectivity index (χ0n) is 9.99. The highest BCUT2D eigenvalue weighted by atomic mass is 32.1. The second kappa shape index (κ2) is 5.46. The van der Waals surface area contributed by atoms with Gasteiger partial charge in [0.25, 0.3) is 0 Å². The lowest BCUT2D eigenvalue weighted by molar-refractivity contribution is 0.0594. The maximum Gasteiger partial charge on any atom is 0.357 e. The lowest BCUT2D eigenvalue weighted by atomic mass is 10.1. The molecule has 1 aliphatic rings. The molecule has 0 atom stereocenters. The molecule has 1 aromatic rings. The van der Waals surface area contributed by atoms with Crippen LogP contribution in [0.15, 0.2) is 0 Å². The molecule has 0 radical (unpaired) electrons. The molecule has 0 aromatic carbocycles. The van der Waals surface area contributed by atoms with Crippen LogP contribution in [-0.2, 0) is 9.47 Å². The Balaban J connectivity index is 2.03. The van der Waals surface area contributed by atoms with Crippen LogP contribution in [0.4, 0.5) is 5.13 Å². The topological polar surface area (TPSA) is 60.5 Å². The molecule has 0 saturated carbocycles. The van der Waals surface area contributed by atoms with Gasteiger partial charge in [-0.15, -0.1) is 11.3 Å². The Morgan fingerprint density at radius 3 is 2.88 bits per heavy atom. The van der Waals surface area contributed by atoms with Gasteiger partial charge >= 0.3 is 5.97 Å². The quantitative estimate of drug-likeness (QED) is 0.836. The summed E-state index contributed by atoms with van der Waals surface area (Å²) in [5.41, 5.74) is 0.409. The van der Waals surface area contributed by atoms with Crippen LogP contribution in [0.2, 0.25) is 0 Å². The third-order valence-corrected chi connectivity index (χ3v) is 3.63. The molecule has 1 N–H and O–H groups in total. The zero-order valence-corrected chi connectivity index (χ0v) is 10.8. The van der Waals surface area contributed by atoms with Crippen LogP contribution in [-0.4, -0.2) is 37.3 Å². The van der Waals surface area contributed by atoms with Crippen molar-refractivity contribution in [1.82, 2.24) is 4.98 Å². The first-order chi connectivity index (χ1) is 8.20. The Hall–Kier alpha value is -1.14. The molecule has 1 fully saturated rings. The molecule has 94 valence electrons. The number of aromatic nitrogens is 1. The molecule has 0 spiro atoms. The monoisotopic (exact) mass is 256 g/mol. The summed E-state index contributed by atoms with van der Waals surface area (Å²) in [4.78, 5) is 16.6. The van der Waals surface area contributed by atoms with E-state index in [0.29, 0.717) is 11.7 Å². The Morgan fingerprint density at radius 2 is 2.24 bits per heavy atom. The highest BCUT2D eigenvalue weighted by Crippen LogP contribution is 2.24. The molecule has 2 heterocycles. The van der Waals surface area contributed by atoms with Gasteiger partial charge in [0.05, 0.1) is 7.11 Å². The van der Waals surface area contributed by atoms with Gasteiger partial charge in [-0.25, -0.2) is 9.78 Å². The van der Waals surface area contributed by atoms with Crippen molar-refractivity contribution in [3.8, 4) is 0 Å². The number of esters is 1. The van der Waals surface area contributed by atoms with E-state index in [-0.39, 0.29) is 5.97 Å². The third-order valence-electron chi connectivity index (χ3n) is 2.72. The van der Waals surface area contributed by atoms with Crippen LogP contribution in [0.3, 0.4) is 0 Å². The van der Waals surface area contributed by atoms with E-state index in [4.69, 9.17) is 4.74 Å². The second-order valence-corrected chi connectivity index (χ2v) is 5.15. The smallest absolute Gasteiger partial charge is 0.357 e. The van der Waals surface area contributed by atoms with E-state index in [1.54, 1.807) is 0 Å². The van der Waals surface area contributed by atoms with Crippen molar-refractivity contribution >= 4 is 22.4 Å². The number of nitrogens with zero attached hydrogens (tertiary/aromatic N) is 1. The predicted octanol–water partition coefficient (Wildman–Crippen LogP) is 1.83. The van der Waals surface area contributed by atoms with Gasteiger partial charge in [0.1, 0.15) is 0 Å². The molecule has 1 saturated heterocycles. The number of anilines is 1. The fourth-order valence-electron chi connectivity index (χ4n) is 1.76. The third kappa shape index (κ3) is 2.95. The number of carbonyl (C=O) groups is 1. The summed E-state index contributed by atoms with van der Waals surface area (Å²) in [5, 5.41) is 4.13. The van der Waals surface area contributed by atoms with Crippen molar-refractivity contribution in [3.05, 3.63) is 10.6 Å². The first-order valence-corrected chi connectivity index (χ1v) is 6.42. The van der Waals surface area contributed by atoms with Gasteiger partial charge in [-0.3, -0.25) is 0 Å². The minimum absolute atomic E-state index is 0.376. The average Bonchev–Trinajstić information content (AvgIpc) is 2.70. The van der Waals surface area contributed by atoms with Crippen molar-refractivity contribution in [2.24, 2.45) is 0 Å². The lowest BCUT2D eigenvalue weighted by Gasteiger charge is -2.22. The summed E-state index contributed by atoms with van der Waals surface area (Å²) in [6.07, 6.45) is 1.96. The summed E-state index contributed by atoms with van der Waals surface area (Å²) in [5.74, 6) is -0.376. The number of aryl methyl sites for hydroxylation is 1. The van der Waals surface area contributed by atoms with Crippen LogP contribution < -0.4 is 5.32 Å². The van der Waals surface area contributed by atoms with Gasteiger partial charge in [-0.1, -0.05) is 0 Å². The zero-order chi connectivity index (χ0) is 12.3. The number of nitrogens with one attached hydrogen (secondary N) is 1. The van der Waals surface area contributed by atoms with E-state index < -0.39 is 0 Å². The molecule has 0 amide bonds. The van der Waals surface area contributed by atoms with Gasteiger partial charge in [-0.2, -0.15) is 0 Å². The molecule has 6 heteroatoms. The average molecular weight is 256 g/mol. The van der Waals surface area contributed by atoms with E-state index in [9.17, 15) is 4.79 Å². The Morgan fingerprint density at radius 1 is 1.53 bits per heavy atom. The Kier molecular flexibility index (Phi) is 3.96.